The summed E-state index contributed by atoms with van der Waals surface area (Å²) < 4.78 is 12.4. The number of alkyl halides is 1. The number of halogens is 1. The molecule has 1 unspecified atom stereocenters. The molecule has 0 saturated carbocycles. The first-order valence-corrected chi connectivity index (χ1v) is 4.20. The molecule has 64 valence electrons. The van der Waals surface area contributed by atoms with Crippen LogP contribution in [0.3, 0.4) is 0 Å². The molecule has 0 spiro atoms. The molecule has 1 fully saturated rings. The molecule has 1 aliphatic heterocycles. The zero-order valence-corrected chi connectivity index (χ0v) is 7.23. The maximum Gasteiger partial charge on any atom is 0.116 e. The van der Waals surface area contributed by atoms with Crippen molar-refractivity contribution in [1.82, 2.24) is 5.32 Å². The van der Waals surface area contributed by atoms with E-state index in [2.05, 4.69) is 5.32 Å². The minimum atomic E-state index is -0.789. The SMILES string of the molecule is C/C(=C\C(C)F)CC1CNC1. The summed E-state index contributed by atoms with van der Waals surface area (Å²) in [4.78, 5) is 0. The monoisotopic (exact) mass is 157 g/mol. The fourth-order valence-corrected chi connectivity index (χ4v) is 1.41. The Hall–Kier alpha value is -0.370. The Balaban J connectivity index is 2.23. The lowest BCUT2D eigenvalue weighted by molar-refractivity contribution is 0.343. The predicted molar refractivity (Wildman–Crippen MR) is 45.3 cm³/mol. The van der Waals surface area contributed by atoms with Gasteiger partial charge in [-0.3, -0.25) is 0 Å². The summed E-state index contributed by atoms with van der Waals surface area (Å²) in [6.07, 6.45) is 1.97. The normalized spacial score (nSPS) is 23.0. The molecule has 1 rings (SSSR count). The number of allylic oxidation sites excluding steroid dienone is 2. The van der Waals surface area contributed by atoms with Crippen LogP contribution >= 0.6 is 0 Å². The molecule has 0 aromatic rings. The van der Waals surface area contributed by atoms with E-state index < -0.39 is 6.17 Å². The predicted octanol–water partition coefficient (Wildman–Crippen LogP) is 1.90. The van der Waals surface area contributed by atoms with Gasteiger partial charge in [0.15, 0.2) is 0 Å². The zero-order valence-electron chi connectivity index (χ0n) is 7.23. The topological polar surface area (TPSA) is 12.0 Å². The molecule has 0 radical (unpaired) electrons. The summed E-state index contributed by atoms with van der Waals surface area (Å²) in [5.74, 6) is 0.755. The molecule has 0 aromatic carbocycles. The quantitative estimate of drug-likeness (QED) is 0.617. The highest BCUT2D eigenvalue weighted by atomic mass is 19.1. The van der Waals surface area contributed by atoms with E-state index in [0.29, 0.717) is 0 Å². The van der Waals surface area contributed by atoms with Gasteiger partial charge in [0, 0.05) is 0 Å². The van der Waals surface area contributed by atoms with Crippen molar-refractivity contribution < 1.29 is 4.39 Å². The third kappa shape index (κ3) is 3.02. The third-order valence-electron chi connectivity index (χ3n) is 1.99. The molecule has 0 bridgehead atoms. The Morgan fingerprint density at radius 3 is 2.73 bits per heavy atom. The Kier molecular flexibility index (Phi) is 3.06. The van der Waals surface area contributed by atoms with Crippen LogP contribution < -0.4 is 5.32 Å². The van der Waals surface area contributed by atoms with Gasteiger partial charge >= 0.3 is 0 Å². The molecular weight excluding hydrogens is 141 g/mol. The average molecular weight is 157 g/mol. The molecule has 11 heavy (non-hydrogen) atoms. The van der Waals surface area contributed by atoms with Gasteiger partial charge in [0.2, 0.25) is 0 Å². The van der Waals surface area contributed by atoms with Gasteiger partial charge in [-0.2, -0.15) is 0 Å². The van der Waals surface area contributed by atoms with Crippen LogP contribution in [0.5, 0.6) is 0 Å². The summed E-state index contributed by atoms with van der Waals surface area (Å²) in [6.45, 7) is 5.79. The second-order valence-electron chi connectivity index (χ2n) is 3.42. The van der Waals surface area contributed by atoms with Crippen molar-refractivity contribution in [2.24, 2.45) is 5.92 Å². The number of nitrogens with one attached hydrogen (secondary N) is 1. The molecule has 1 heterocycles. The van der Waals surface area contributed by atoms with Crippen LogP contribution in [0.15, 0.2) is 11.6 Å². The van der Waals surface area contributed by atoms with Crippen LogP contribution in [0.1, 0.15) is 20.3 Å². The standard InChI is InChI=1S/C9H16FN/c1-7(3-8(2)10)4-9-5-11-6-9/h3,8-9,11H,4-6H2,1-2H3/b7-3+. The number of rotatable bonds is 3. The lowest BCUT2D eigenvalue weighted by Gasteiger charge is -2.27. The minimum absolute atomic E-state index is 0.755. The van der Waals surface area contributed by atoms with E-state index in [0.717, 1.165) is 25.4 Å². The number of hydrogen-bond acceptors (Lipinski definition) is 1. The minimum Gasteiger partial charge on any atom is -0.316 e. The van der Waals surface area contributed by atoms with Crippen LogP contribution in [0, 0.1) is 5.92 Å². The first kappa shape index (κ1) is 8.72. The Morgan fingerprint density at radius 1 is 1.73 bits per heavy atom. The molecule has 1 nitrogen and oxygen atoms in total. The van der Waals surface area contributed by atoms with Crippen molar-refractivity contribution in [2.45, 2.75) is 26.4 Å². The summed E-state index contributed by atoms with van der Waals surface area (Å²) in [7, 11) is 0. The van der Waals surface area contributed by atoms with Gasteiger partial charge in [-0.05, 0) is 39.3 Å². The molecule has 0 aliphatic carbocycles. The van der Waals surface area contributed by atoms with Crippen molar-refractivity contribution in [3.8, 4) is 0 Å². The molecule has 1 aliphatic rings. The molecular formula is C9H16FN. The van der Waals surface area contributed by atoms with Crippen LogP contribution in [0.2, 0.25) is 0 Å². The second kappa shape index (κ2) is 3.86. The van der Waals surface area contributed by atoms with E-state index in [1.54, 1.807) is 13.0 Å². The highest BCUT2D eigenvalue weighted by molar-refractivity contribution is 5.03. The second-order valence-corrected chi connectivity index (χ2v) is 3.42. The fourth-order valence-electron chi connectivity index (χ4n) is 1.41. The van der Waals surface area contributed by atoms with Crippen LogP contribution in [-0.2, 0) is 0 Å². The van der Waals surface area contributed by atoms with Crippen LogP contribution in [0.4, 0.5) is 4.39 Å². The van der Waals surface area contributed by atoms with Crippen LogP contribution in [-0.4, -0.2) is 19.3 Å². The third-order valence-corrected chi connectivity index (χ3v) is 1.99. The zero-order chi connectivity index (χ0) is 8.27. The Morgan fingerprint density at radius 2 is 2.36 bits per heavy atom. The Labute approximate surface area is 67.7 Å². The molecule has 0 aromatic heterocycles. The molecule has 0 amide bonds. The first-order valence-electron chi connectivity index (χ1n) is 4.20. The van der Waals surface area contributed by atoms with Crippen molar-refractivity contribution in [2.75, 3.05) is 13.1 Å². The molecule has 1 N–H and O–H groups in total. The summed E-state index contributed by atoms with van der Waals surface area (Å²) in [5.41, 5.74) is 1.19. The molecule has 1 saturated heterocycles. The van der Waals surface area contributed by atoms with Gasteiger partial charge in [-0.1, -0.05) is 11.6 Å². The largest absolute Gasteiger partial charge is 0.316 e. The van der Waals surface area contributed by atoms with Gasteiger partial charge in [-0.25, -0.2) is 4.39 Å². The van der Waals surface area contributed by atoms with E-state index >= 15 is 0 Å². The average Bonchev–Trinajstić information content (AvgIpc) is 1.77. The summed E-state index contributed by atoms with van der Waals surface area (Å²) in [5, 5.41) is 3.20. The summed E-state index contributed by atoms with van der Waals surface area (Å²) in [6, 6.07) is 0. The van der Waals surface area contributed by atoms with E-state index in [9.17, 15) is 4.39 Å². The van der Waals surface area contributed by atoms with Gasteiger partial charge in [0.05, 0.1) is 0 Å². The maximum atomic E-state index is 12.4. The highest BCUT2D eigenvalue weighted by Gasteiger charge is 2.16. The highest BCUT2D eigenvalue weighted by Crippen LogP contribution is 2.15. The van der Waals surface area contributed by atoms with E-state index in [1.807, 2.05) is 6.92 Å². The lowest BCUT2D eigenvalue weighted by Crippen LogP contribution is -2.41. The first-order chi connectivity index (χ1) is 5.18. The van der Waals surface area contributed by atoms with Crippen molar-refractivity contribution >= 4 is 0 Å². The van der Waals surface area contributed by atoms with Crippen molar-refractivity contribution in [3.05, 3.63) is 11.6 Å². The van der Waals surface area contributed by atoms with Crippen LogP contribution in [0.25, 0.3) is 0 Å². The van der Waals surface area contributed by atoms with Gasteiger partial charge in [-0.15, -0.1) is 0 Å². The van der Waals surface area contributed by atoms with Crippen molar-refractivity contribution in [1.29, 1.82) is 0 Å². The summed E-state index contributed by atoms with van der Waals surface area (Å²) >= 11 is 0. The smallest absolute Gasteiger partial charge is 0.116 e. The fraction of sp³-hybridized carbons (Fsp3) is 0.778. The van der Waals surface area contributed by atoms with Gasteiger partial charge < -0.3 is 5.32 Å². The van der Waals surface area contributed by atoms with Gasteiger partial charge in [0.1, 0.15) is 6.17 Å². The Bertz CT molecular complexity index is 148. The van der Waals surface area contributed by atoms with E-state index in [4.69, 9.17) is 0 Å². The molecule has 2 heteroatoms. The number of hydrogen-bond donors (Lipinski definition) is 1. The van der Waals surface area contributed by atoms with E-state index in [1.165, 1.54) is 5.57 Å². The molecule has 1 atom stereocenters. The van der Waals surface area contributed by atoms with Crippen molar-refractivity contribution in [3.63, 3.8) is 0 Å². The maximum absolute atomic E-state index is 12.4. The lowest BCUT2D eigenvalue weighted by atomic mass is 9.94. The van der Waals surface area contributed by atoms with Gasteiger partial charge in [0.25, 0.3) is 0 Å². The van der Waals surface area contributed by atoms with E-state index in [-0.39, 0.29) is 0 Å².